The maximum Gasteiger partial charge on any atom is 0.144 e. The third kappa shape index (κ3) is 2.01. The monoisotopic (exact) mass is 280 g/mol. The predicted molar refractivity (Wildman–Crippen MR) is 85.2 cm³/mol. The predicted octanol–water partition coefficient (Wildman–Crippen LogP) is 4.14. The maximum atomic E-state index is 12.8. The van der Waals surface area contributed by atoms with Crippen molar-refractivity contribution >= 4 is 5.78 Å². The summed E-state index contributed by atoms with van der Waals surface area (Å²) in [7, 11) is 0. The van der Waals surface area contributed by atoms with Gasteiger partial charge in [-0.1, -0.05) is 44.2 Å². The second kappa shape index (κ2) is 4.56. The second-order valence-electron chi connectivity index (χ2n) is 7.83. The number of carbonyl (C=O) groups excluding carboxylic acids is 1. The molecule has 3 aliphatic rings. The molecule has 3 atom stereocenters. The number of benzene rings is 1. The lowest BCUT2D eigenvalue weighted by Gasteiger charge is -2.38. The summed E-state index contributed by atoms with van der Waals surface area (Å²) in [5, 5.41) is 0. The molecule has 3 unspecified atom stereocenters. The van der Waals surface area contributed by atoms with E-state index in [0.29, 0.717) is 30.0 Å². The molecule has 1 aromatic rings. The molecule has 1 spiro atoms. The molecule has 3 aliphatic carbocycles. The van der Waals surface area contributed by atoms with Gasteiger partial charge in [-0.3, -0.25) is 4.79 Å². The van der Waals surface area contributed by atoms with Crippen LogP contribution in [0.4, 0.5) is 0 Å². The van der Waals surface area contributed by atoms with Gasteiger partial charge in [0.1, 0.15) is 5.78 Å². The van der Waals surface area contributed by atoms with E-state index in [1.807, 2.05) is 0 Å². The van der Waals surface area contributed by atoms with E-state index in [1.165, 1.54) is 23.1 Å². The summed E-state index contributed by atoms with van der Waals surface area (Å²) < 4.78 is 0. The van der Waals surface area contributed by atoms with Crippen molar-refractivity contribution in [2.75, 3.05) is 0 Å². The first-order valence-corrected chi connectivity index (χ1v) is 8.39. The minimum atomic E-state index is -0.0527. The Hall–Kier alpha value is -1.37. The van der Waals surface area contributed by atoms with Crippen molar-refractivity contribution in [3.8, 4) is 0 Å². The Labute approximate surface area is 127 Å². The number of allylic oxidation sites excluding steroid dienone is 2. The fourth-order valence-electron chi connectivity index (χ4n) is 4.88. The third-order valence-electron chi connectivity index (χ3n) is 5.84. The highest BCUT2D eigenvalue weighted by atomic mass is 16.1. The van der Waals surface area contributed by atoms with Crippen molar-refractivity contribution in [3.63, 3.8) is 0 Å². The van der Waals surface area contributed by atoms with Crippen LogP contribution >= 0.6 is 0 Å². The summed E-state index contributed by atoms with van der Waals surface area (Å²) in [6, 6.07) is 6.82. The minimum Gasteiger partial charge on any atom is -0.299 e. The van der Waals surface area contributed by atoms with Gasteiger partial charge in [0, 0.05) is 11.8 Å². The molecule has 0 saturated heterocycles. The van der Waals surface area contributed by atoms with Crippen LogP contribution in [0.3, 0.4) is 0 Å². The minimum absolute atomic E-state index is 0.0527. The van der Waals surface area contributed by atoms with E-state index in [4.69, 9.17) is 0 Å². The van der Waals surface area contributed by atoms with Crippen LogP contribution in [0, 0.1) is 23.2 Å². The zero-order valence-electron chi connectivity index (χ0n) is 13.1. The number of hydrogen-bond acceptors (Lipinski definition) is 1. The molecule has 0 N–H and O–H groups in total. The topological polar surface area (TPSA) is 17.1 Å². The average molecular weight is 280 g/mol. The van der Waals surface area contributed by atoms with Crippen LogP contribution in [-0.2, 0) is 24.1 Å². The lowest BCUT2D eigenvalue weighted by Crippen LogP contribution is -2.41. The molecule has 1 saturated carbocycles. The molecule has 1 aromatic carbocycles. The van der Waals surface area contributed by atoms with Gasteiger partial charge in [-0.2, -0.15) is 0 Å². The van der Waals surface area contributed by atoms with E-state index in [2.05, 4.69) is 44.2 Å². The van der Waals surface area contributed by atoms with Crippen molar-refractivity contribution in [1.29, 1.82) is 0 Å². The Morgan fingerprint density at radius 3 is 2.76 bits per heavy atom. The molecule has 1 fully saturated rings. The number of Topliss-reactive ketones (excluding diaryl/α,β-unsaturated/α-hetero) is 1. The highest BCUT2D eigenvalue weighted by Gasteiger charge is 2.54. The molecule has 0 aliphatic heterocycles. The first kappa shape index (κ1) is 13.3. The van der Waals surface area contributed by atoms with Gasteiger partial charge in [0.2, 0.25) is 0 Å². The van der Waals surface area contributed by atoms with E-state index < -0.39 is 0 Å². The Morgan fingerprint density at radius 1 is 1.24 bits per heavy atom. The van der Waals surface area contributed by atoms with Crippen molar-refractivity contribution in [2.45, 2.75) is 46.0 Å². The Bertz CT molecular complexity index is 625. The van der Waals surface area contributed by atoms with Gasteiger partial charge in [-0.05, 0) is 60.1 Å². The van der Waals surface area contributed by atoms with E-state index in [-0.39, 0.29) is 5.41 Å². The summed E-state index contributed by atoms with van der Waals surface area (Å²) in [5.41, 5.74) is 4.12. The molecule has 0 aromatic heterocycles. The molecule has 0 amide bonds. The van der Waals surface area contributed by atoms with Gasteiger partial charge in [0.15, 0.2) is 0 Å². The molecule has 4 rings (SSSR count). The van der Waals surface area contributed by atoms with Gasteiger partial charge in [0.05, 0.1) is 0 Å². The van der Waals surface area contributed by atoms with Crippen molar-refractivity contribution in [3.05, 3.63) is 47.0 Å². The van der Waals surface area contributed by atoms with E-state index >= 15 is 0 Å². The molecule has 1 heteroatoms. The van der Waals surface area contributed by atoms with Gasteiger partial charge in [-0.25, -0.2) is 0 Å². The smallest absolute Gasteiger partial charge is 0.144 e. The Morgan fingerprint density at radius 2 is 2.10 bits per heavy atom. The second-order valence-corrected chi connectivity index (χ2v) is 7.83. The lowest BCUT2D eigenvalue weighted by atomic mass is 9.63. The van der Waals surface area contributed by atoms with Crippen LogP contribution in [0.2, 0.25) is 0 Å². The number of hydrogen-bond donors (Lipinski definition) is 0. The molecule has 0 heterocycles. The SMILES string of the molecule is CC(C)Cc1ccc2c(c1)CC1(CC3C=CC1C3)C(=O)C2. The zero-order valence-corrected chi connectivity index (χ0v) is 13.1. The van der Waals surface area contributed by atoms with E-state index in [9.17, 15) is 4.79 Å². The number of rotatable bonds is 2. The fourth-order valence-corrected chi connectivity index (χ4v) is 4.88. The first-order valence-electron chi connectivity index (χ1n) is 8.39. The first-order chi connectivity index (χ1) is 10.1. The molecule has 110 valence electrons. The van der Waals surface area contributed by atoms with Crippen LogP contribution in [0.15, 0.2) is 30.4 Å². The number of carbonyl (C=O) groups is 1. The quantitative estimate of drug-likeness (QED) is 0.744. The molecule has 2 bridgehead atoms. The summed E-state index contributed by atoms with van der Waals surface area (Å²) in [4.78, 5) is 12.8. The molecule has 0 radical (unpaired) electrons. The molecular weight excluding hydrogens is 256 g/mol. The van der Waals surface area contributed by atoms with Gasteiger partial charge < -0.3 is 0 Å². The van der Waals surface area contributed by atoms with Crippen LogP contribution in [0.25, 0.3) is 0 Å². The molecule has 21 heavy (non-hydrogen) atoms. The summed E-state index contributed by atoms with van der Waals surface area (Å²) >= 11 is 0. The fraction of sp³-hybridized carbons (Fsp3) is 0.550. The Balaban J connectivity index is 1.69. The van der Waals surface area contributed by atoms with Crippen molar-refractivity contribution in [2.24, 2.45) is 23.2 Å². The average Bonchev–Trinajstić information content (AvgIpc) is 3.01. The maximum absolute atomic E-state index is 12.8. The normalized spacial score (nSPS) is 33.2. The van der Waals surface area contributed by atoms with Gasteiger partial charge in [-0.15, -0.1) is 0 Å². The number of ketones is 1. The largest absolute Gasteiger partial charge is 0.299 e. The Kier molecular flexibility index (Phi) is 2.89. The molecule has 1 nitrogen and oxygen atoms in total. The van der Waals surface area contributed by atoms with Crippen LogP contribution in [0.5, 0.6) is 0 Å². The molecular formula is C20H24O. The van der Waals surface area contributed by atoms with E-state index in [0.717, 1.165) is 19.3 Å². The standard InChI is InChI=1S/C20H24O/c1-13(2)7-14-3-5-16-10-19(21)20(12-17(16)8-14)11-15-4-6-18(20)9-15/h3-6,8,13,15,18H,7,9-12H2,1-2H3. The third-order valence-corrected chi connectivity index (χ3v) is 5.84. The zero-order chi connectivity index (χ0) is 14.6. The summed E-state index contributed by atoms with van der Waals surface area (Å²) in [6.45, 7) is 4.54. The highest BCUT2D eigenvalue weighted by molar-refractivity contribution is 5.90. The van der Waals surface area contributed by atoms with Crippen molar-refractivity contribution in [1.82, 2.24) is 0 Å². The lowest BCUT2D eigenvalue weighted by molar-refractivity contribution is -0.130. The van der Waals surface area contributed by atoms with E-state index in [1.54, 1.807) is 0 Å². The van der Waals surface area contributed by atoms with Gasteiger partial charge in [0.25, 0.3) is 0 Å². The summed E-state index contributed by atoms with van der Waals surface area (Å²) in [5.74, 6) is 2.37. The van der Waals surface area contributed by atoms with Gasteiger partial charge >= 0.3 is 0 Å². The van der Waals surface area contributed by atoms with Crippen LogP contribution in [-0.4, -0.2) is 5.78 Å². The number of fused-ring (bicyclic) bond motifs is 4. The van der Waals surface area contributed by atoms with Crippen LogP contribution in [0.1, 0.15) is 43.4 Å². The summed E-state index contributed by atoms with van der Waals surface area (Å²) in [6.07, 6.45) is 9.77. The van der Waals surface area contributed by atoms with Crippen molar-refractivity contribution < 1.29 is 4.79 Å². The highest BCUT2D eigenvalue weighted by Crippen LogP contribution is 2.56. The van der Waals surface area contributed by atoms with Crippen LogP contribution < -0.4 is 0 Å².